The molecule has 166 valence electrons. The van der Waals surface area contributed by atoms with Gasteiger partial charge in [-0.05, 0) is 64.4 Å². The molecule has 6 aromatic rings. The van der Waals surface area contributed by atoms with Crippen LogP contribution < -0.4 is 4.57 Å². The average Bonchev–Trinajstić information content (AvgIpc) is 2.94. The summed E-state index contributed by atoms with van der Waals surface area (Å²) in [5.74, 6) is 0. The predicted molar refractivity (Wildman–Crippen MR) is 139 cm³/mol. The minimum absolute atomic E-state index is 0.819. The maximum absolute atomic E-state index is 4.87. The topological polar surface area (TPSA) is 42.5 Å². The molecule has 4 nitrogen and oxygen atoms in total. The number of rotatable bonds is 5. The lowest BCUT2D eigenvalue weighted by Crippen LogP contribution is -2.32. The molecule has 0 aliphatic carbocycles. The molecule has 0 amide bonds. The number of hydrogen-bond donors (Lipinski definition) is 0. The first-order valence-corrected chi connectivity index (χ1v) is 11.6. The Kier molecular flexibility index (Phi) is 5.53. The smallest absolute Gasteiger partial charge is 0.173 e. The molecule has 0 saturated heterocycles. The van der Waals surface area contributed by atoms with E-state index in [0.717, 1.165) is 40.4 Å². The third-order valence-electron chi connectivity index (χ3n) is 6.08. The van der Waals surface area contributed by atoms with Gasteiger partial charge in [0.25, 0.3) is 0 Å². The Morgan fingerprint density at radius 1 is 0.514 bits per heavy atom. The summed E-state index contributed by atoms with van der Waals surface area (Å²) in [6.45, 7) is 0.819. The zero-order chi connectivity index (χ0) is 23.5. The second-order valence-electron chi connectivity index (χ2n) is 8.50. The van der Waals surface area contributed by atoms with Gasteiger partial charge < -0.3 is 0 Å². The summed E-state index contributed by atoms with van der Waals surface area (Å²) in [6, 6.07) is 35.4. The third kappa shape index (κ3) is 4.55. The number of nitrogens with zero attached hydrogens (tertiary/aromatic N) is 4. The molecule has 6 rings (SSSR count). The molecule has 0 atom stereocenters. The van der Waals surface area contributed by atoms with E-state index in [1.165, 1.54) is 16.3 Å². The van der Waals surface area contributed by atoms with Crippen molar-refractivity contribution in [3.63, 3.8) is 0 Å². The van der Waals surface area contributed by atoms with Gasteiger partial charge in [-0.3, -0.25) is 9.97 Å². The van der Waals surface area contributed by atoms with Gasteiger partial charge in [0.1, 0.15) is 0 Å². The van der Waals surface area contributed by atoms with Gasteiger partial charge in [0.2, 0.25) is 0 Å². The number of fused-ring (bicyclic) bond motifs is 1. The van der Waals surface area contributed by atoms with Crippen LogP contribution in [0.15, 0.2) is 128 Å². The van der Waals surface area contributed by atoms with Crippen LogP contribution >= 0.6 is 0 Å². The van der Waals surface area contributed by atoms with Crippen molar-refractivity contribution < 1.29 is 4.57 Å². The lowest BCUT2D eigenvalue weighted by Gasteiger charge is -2.09. The van der Waals surface area contributed by atoms with Crippen molar-refractivity contribution >= 4 is 10.8 Å². The average molecular weight is 452 g/mol. The molecule has 0 aliphatic rings. The third-order valence-corrected chi connectivity index (χ3v) is 6.08. The molecule has 0 radical (unpaired) electrons. The van der Waals surface area contributed by atoms with Crippen molar-refractivity contribution in [2.45, 2.75) is 6.54 Å². The zero-order valence-electron chi connectivity index (χ0n) is 19.1. The van der Waals surface area contributed by atoms with Gasteiger partial charge in [-0.1, -0.05) is 48.5 Å². The highest BCUT2D eigenvalue weighted by molar-refractivity contribution is 5.83. The summed E-state index contributed by atoms with van der Waals surface area (Å²) < 4.78 is 2.20. The Morgan fingerprint density at radius 2 is 1.14 bits per heavy atom. The van der Waals surface area contributed by atoms with E-state index in [2.05, 4.69) is 93.7 Å². The molecule has 0 N–H and O–H groups in total. The summed E-state index contributed by atoms with van der Waals surface area (Å²) in [4.78, 5) is 13.9. The van der Waals surface area contributed by atoms with E-state index in [0.29, 0.717) is 0 Å². The van der Waals surface area contributed by atoms with E-state index >= 15 is 0 Å². The Hall–Kier alpha value is -4.70. The minimum atomic E-state index is 0.819. The minimum Gasteiger partial charge on any atom is -0.255 e. The van der Waals surface area contributed by atoms with Crippen molar-refractivity contribution in [2.75, 3.05) is 0 Å². The SMILES string of the molecule is c1ccc(-c2cc(-c3cc[n+](Cc4ccc5ccccc5c4)cc3)cc(-c3ccccn3)n2)nc1. The van der Waals surface area contributed by atoms with Crippen LogP contribution in [0.25, 0.3) is 44.7 Å². The summed E-state index contributed by atoms with van der Waals surface area (Å²) in [7, 11) is 0. The molecule has 35 heavy (non-hydrogen) atoms. The summed E-state index contributed by atoms with van der Waals surface area (Å²) in [5.41, 5.74) is 6.83. The van der Waals surface area contributed by atoms with Crippen LogP contribution in [-0.2, 0) is 6.54 Å². The molecule has 2 aromatic carbocycles. The van der Waals surface area contributed by atoms with E-state index in [9.17, 15) is 0 Å². The Labute approximate surface area is 204 Å². The monoisotopic (exact) mass is 451 g/mol. The van der Waals surface area contributed by atoms with Crippen LogP contribution in [-0.4, -0.2) is 15.0 Å². The lowest BCUT2D eigenvalue weighted by atomic mass is 10.0. The molecule has 4 heteroatoms. The Bertz CT molecular complexity index is 1540. The molecule has 0 bridgehead atoms. The van der Waals surface area contributed by atoms with E-state index in [1.807, 2.05) is 36.4 Å². The lowest BCUT2D eigenvalue weighted by molar-refractivity contribution is -0.688. The van der Waals surface area contributed by atoms with Crippen LogP contribution in [0.4, 0.5) is 0 Å². The second kappa shape index (κ2) is 9.27. The summed E-state index contributed by atoms with van der Waals surface area (Å²) in [5, 5.41) is 2.53. The van der Waals surface area contributed by atoms with Gasteiger partial charge in [0.15, 0.2) is 18.9 Å². The standard InChI is InChI=1S/C31H23N4/c1-2-8-26-19-23(11-12-24(26)7-1)22-35-17-13-25(14-18-35)27-20-30(28-9-3-5-15-32-28)34-31(21-27)29-10-4-6-16-33-29/h1-21H,22H2/q+1. The molecule has 0 unspecified atom stereocenters. The number of aromatic nitrogens is 4. The van der Waals surface area contributed by atoms with Crippen molar-refractivity contribution in [3.8, 4) is 33.9 Å². The molecule has 0 saturated carbocycles. The number of hydrogen-bond acceptors (Lipinski definition) is 3. The molecule has 0 spiro atoms. The first kappa shape index (κ1) is 20.9. The van der Waals surface area contributed by atoms with E-state index in [-0.39, 0.29) is 0 Å². The van der Waals surface area contributed by atoms with Gasteiger partial charge in [0.05, 0.1) is 22.8 Å². The van der Waals surface area contributed by atoms with Gasteiger partial charge in [-0.2, -0.15) is 0 Å². The Balaban J connectivity index is 1.34. The van der Waals surface area contributed by atoms with Crippen LogP contribution in [0.2, 0.25) is 0 Å². The van der Waals surface area contributed by atoms with Crippen LogP contribution in [0.5, 0.6) is 0 Å². The quantitative estimate of drug-likeness (QED) is 0.286. The van der Waals surface area contributed by atoms with Crippen LogP contribution in [0.3, 0.4) is 0 Å². The van der Waals surface area contributed by atoms with Crippen LogP contribution in [0, 0.1) is 0 Å². The summed E-state index contributed by atoms with van der Waals surface area (Å²) >= 11 is 0. The number of pyridine rings is 4. The fourth-order valence-corrected chi connectivity index (χ4v) is 4.29. The first-order chi connectivity index (χ1) is 17.3. The first-order valence-electron chi connectivity index (χ1n) is 11.6. The molecule has 0 fully saturated rings. The van der Waals surface area contributed by atoms with Crippen LogP contribution in [0.1, 0.15) is 5.56 Å². The maximum atomic E-state index is 4.87. The highest BCUT2D eigenvalue weighted by atomic mass is 14.9. The van der Waals surface area contributed by atoms with E-state index in [4.69, 9.17) is 4.98 Å². The van der Waals surface area contributed by atoms with Crippen molar-refractivity contribution in [1.82, 2.24) is 15.0 Å². The molecule has 0 aliphatic heterocycles. The summed E-state index contributed by atoms with van der Waals surface area (Å²) in [6.07, 6.45) is 7.85. The largest absolute Gasteiger partial charge is 0.255 e. The van der Waals surface area contributed by atoms with E-state index < -0.39 is 0 Å². The normalized spacial score (nSPS) is 11.0. The fourth-order valence-electron chi connectivity index (χ4n) is 4.29. The van der Waals surface area contributed by atoms with Crippen molar-refractivity contribution in [1.29, 1.82) is 0 Å². The predicted octanol–water partition coefficient (Wildman–Crippen LogP) is 6.36. The molecular weight excluding hydrogens is 428 g/mol. The van der Waals surface area contributed by atoms with Gasteiger partial charge in [0, 0.05) is 30.1 Å². The zero-order valence-corrected chi connectivity index (χ0v) is 19.1. The Morgan fingerprint density at radius 3 is 1.77 bits per heavy atom. The van der Waals surface area contributed by atoms with Crippen molar-refractivity contribution in [2.24, 2.45) is 0 Å². The highest BCUT2D eigenvalue weighted by Gasteiger charge is 2.12. The van der Waals surface area contributed by atoms with Gasteiger partial charge in [-0.25, -0.2) is 9.55 Å². The molecular formula is C31H23N4+. The number of benzene rings is 2. The highest BCUT2D eigenvalue weighted by Crippen LogP contribution is 2.28. The van der Waals surface area contributed by atoms with Gasteiger partial charge >= 0.3 is 0 Å². The second-order valence-corrected chi connectivity index (χ2v) is 8.50. The molecule has 4 heterocycles. The fraction of sp³-hybridized carbons (Fsp3) is 0.0323. The maximum Gasteiger partial charge on any atom is 0.173 e. The van der Waals surface area contributed by atoms with Gasteiger partial charge in [-0.15, -0.1) is 0 Å². The van der Waals surface area contributed by atoms with E-state index in [1.54, 1.807) is 12.4 Å². The van der Waals surface area contributed by atoms with Crippen molar-refractivity contribution in [3.05, 3.63) is 133 Å². The molecule has 4 aromatic heterocycles.